The molecule has 0 atom stereocenters. The first-order valence-electron chi connectivity index (χ1n) is 7.33. The van der Waals surface area contributed by atoms with E-state index < -0.39 is 6.61 Å². The van der Waals surface area contributed by atoms with Crippen LogP contribution in [0.2, 0.25) is 0 Å². The summed E-state index contributed by atoms with van der Waals surface area (Å²) in [5, 5.41) is 2.70. The average Bonchev–Trinajstić information content (AvgIpc) is 2.56. The lowest BCUT2D eigenvalue weighted by molar-refractivity contribution is -0.115. The SMILES string of the molecule is O=C(Cc1ccc2c(c1)OCCO2)Nc1ccc(OC(F)F)cc1. The standard InChI is InChI=1S/C17H15F2NO4/c18-17(19)24-13-4-2-12(3-5-13)20-16(21)10-11-1-6-14-15(9-11)23-8-7-22-14/h1-6,9,17H,7-8,10H2,(H,20,21). The summed E-state index contributed by atoms with van der Waals surface area (Å²) in [7, 11) is 0. The van der Waals surface area contributed by atoms with Gasteiger partial charge in [-0.15, -0.1) is 0 Å². The van der Waals surface area contributed by atoms with Crippen LogP contribution < -0.4 is 19.5 Å². The fraction of sp³-hybridized carbons (Fsp3) is 0.235. The average molecular weight is 335 g/mol. The number of halogens is 2. The van der Waals surface area contributed by atoms with Crippen LogP contribution in [0.5, 0.6) is 17.2 Å². The monoisotopic (exact) mass is 335 g/mol. The molecule has 1 N–H and O–H groups in total. The van der Waals surface area contributed by atoms with Crippen LogP contribution in [0.3, 0.4) is 0 Å². The summed E-state index contributed by atoms with van der Waals surface area (Å²) < 4.78 is 39.3. The number of nitrogens with one attached hydrogen (secondary N) is 1. The maximum Gasteiger partial charge on any atom is 0.387 e. The van der Waals surface area contributed by atoms with Gasteiger partial charge in [-0.1, -0.05) is 6.07 Å². The normalized spacial score (nSPS) is 12.8. The molecule has 1 aliphatic heterocycles. The summed E-state index contributed by atoms with van der Waals surface area (Å²) in [6.07, 6.45) is 0.159. The predicted octanol–water partition coefficient (Wildman–Crippen LogP) is 3.24. The van der Waals surface area contributed by atoms with Gasteiger partial charge < -0.3 is 19.5 Å². The van der Waals surface area contributed by atoms with E-state index in [0.717, 1.165) is 5.56 Å². The zero-order valence-corrected chi connectivity index (χ0v) is 12.6. The molecule has 0 aromatic heterocycles. The van der Waals surface area contributed by atoms with Gasteiger partial charge in [-0.3, -0.25) is 4.79 Å². The van der Waals surface area contributed by atoms with Crippen LogP contribution in [-0.4, -0.2) is 25.7 Å². The van der Waals surface area contributed by atoms with Gasteiger partial charge in [-0.05, 0) is 42.0 Å². The number of alkyl halides is 2. The van der Waals surface area contributed by atoms with Gasteiger partial charge in [0.1, 0.15) is 19.0 Å². The number of hydrogen-bond acceptors (Lipinski definition) is 4. The van der Waals surface area contributed by atoms with E-state index in [1.165, 1.54) is 24.3 Å². The number of hydrogen-bond donors (Lipinski definition) is 1. The van der Waals surface area contributed by atoms with Gasteiger partial charge in [0.15, 0.2) is 11.5 Å². The third kappa shape index (κ3) is 4.13. The van der Waals surface area contributed by atoms with Crippen molar-refractivity contribution in [3.8, 4) is 17.2 Å². The Labute approximate surface area is 137 Å². The second-order valence-electron chi connectivity index (χ2n) is 5.11. The fourth-order valence-electron chi connectivity index (χ4n) is 2.31. The Hall–Kier alpha value is -2.83. The maximum absolute atomic E-state index is 12.1. The molecule has 0 unspecified atom stereocenters. The molecular formula is C17H15F2NO4. The van der Waals surface area contributed by atoms with Crippen LogP contribution in [0.4, 0.5) is 14.5 Å². The van der Waals surface area contributed by atoms with Crippen molar-refractivity contribution in [2.24, 2.45) is 0 Å². The van der Waals surface area contributed by atoms with Gasteiger partial charge in [-0.25, -0.2) is 0 Å². The first-order valence-corrected chi connectivity index (χ1v) is 7.33. The second-order valence-corrected chi connectivity index (χ2v) is 5.11. The number of rotatable bonds is 5. The molecule has 1 amide bonds. The number of carbonyl (C=O) groups is 1. The quantitative estimate of drug-likeness (QED) is 0.911. The van der Waals surface area contributed by atoms with Crippen LogP contribution in [-0.2, 0) is 11.2 Å². The first-order chi connectivity index (χ1) is 11.6. The van der Waals surface area contributed by atoms with Gasteiger partial charge in [0.05, 0.1) is 6.42 Å². The zero-order chi connectivity index (χ0) is 16.9. The molecule has 1 heterocycles. The van der Waals surface area contributed by atoms with E-state index in [1.807, 2.05) is 0 Å². The Balaban J connectivity index is 1.59. The van der Waals surface area contributed by atoms with E-state index in [-0.39, 0.29) is 18.1 Å². The van der Waals surface area contributed by atoms with Crippen molar-refractivity contribution in [3.05, 3.63) is 48.0 Å². The molecule has 2 aromatic rings. The van der Waals surface area contributed by atoms with Crippen LogP contribution in [0, 0.1) is 0 Å². The summed E-state index contributed by atoms with van der Waals surface area (Å²) in [4.78, 5) is 12.1. The Morgan fingerprint density at radius 2 is 1.79 bits per heavy atom. The van der Waals surface area contributed by atoms with Crippen molar-refractivity contribution < 1.29 is 27.8 Å². The van der Waals surface area contributed by atoms with Crippen LogP contribution in [0.1, 0.15) is 5.56 Å². The van der Waals surface area contributed by atoms with Gasteiger partial charge >= 0.3 is 6.61 Å². The molecule has 2 aromatic carbocycles. The lowest BCUT2D eigenvalue weighted by Crippen LogP contribution is -2.17. The molecule has 1 aliphatic rings. The van der Waals surface area contributed by atoms with E-state index in [0.29, 0.717) is 30.4 Å². The maximum atomic E-state index is 12.1. The molecule has 0 spiro atoms. The molecule has 5 nitrogen and oxygen atoms in total. The van der Waals surface area contributed by atoms with Crippen LogP contribution in [0.25, 0.3) is 0 Å². The zero-order valence-electron chi connectivity index (χ0n) is 12.6. The van der Waals surface area contributed by atoms with Gasteiger partial charge in [0, 0.05) is 5.69 Å². The number of benzene rings is 2. The van der Waals surface area contributed by atoms with Crippen molar-refractivity contribution in [1.29, 1.82) is 0 Å². The van der Waals surface area contributed by atoms with Crippen molar-refractivity contribution in [1.82, 2.24) is 0 Å². The lowest BCUT2D eigenvalue weighted by atomic mass is 10.1. The highest BCUT2D eigenvalue weighted by Crippen LogP contribution is 2.31. The third-order valence-electron chi connectivity index (χ3n) is 3.33. The minimum absolute atomic E-state index is 0.0369. The Morgan fingerprint density at radius 3 is 2.50 bits per heavy atom. The minimum Gasteiger partial charge on any atom is -0.486 e. The number of amides is 1. The van der Waals surface area contributed by atoms with E-state index in [9.17, 15) is 13.6 Å². The molecule has 0 bridgehead atoms. The summed E-state index contributed by atoms with van der Waals surface area (Å²) in [6, 6.07) is 11.1. The van der Waals surface area contributed by atoms with E-state index in [4.69, 9.17) is 9.47 Å². The van der Waals surface area contributed by atoms with Crippen molar-refractivity contribution in [2.45, 2.75) is 13.0 Å². The molecule has 3 rings (SSSR count). The first kappa shape index (κ1) is 16.0. The Kier molecular flexibility index (Phi) is 4.79. The van der Waals surface area contributed by atoms with Crippen molar-refractivity contribution >= 4 is 11.6 Å². The molecule has 0 fully saturated rings. The van der Waals surface area contributed by atoms with Crippen molar-refractivity contribution in [2.75, 3.05) is 18.5 Å². The number of fused-ring (bicyclic) bond motifs is 1. The summed E-state index contributed by atoms with van der Waals surface area (Å²) in [5.74, 6) is 1.10. The topological polar surface area (TPSA) is 56.8 Å². The Bertz CT molecular complexity index is 719. The molecule has 0 saturated carbocycles. The predicted molar refractivity (Wildman–Crippen MR) is 82.8 cm³/mol. The largest absolute Gasteiger partial charge is 0.486 e. The van der Waals surface area contributed by atoms with Gasteiger partial charge in [-0.2, -0.15) is 8.78 Å². The minimum atomic E-state index is -2.87. The van der Waals surface area contributed by atoms with Crippen molar-refractivity contribution in [3.63, 3.8) is 0 Å². The van der Waals surface area contributed by atoms with Crippen LogP contribution >= 0.6 is 0 Å². The molecule has 7 heteroatoms. The fourth-order valence-corrected chi connectivity index (χ4v) is 2.31. The highest BCUT2D eigenvalue weighted by Gasteiger charge is 2.13. The highest BCUT2D eigenvalue weighted by molar-refractivity contribution is 5.92. The molecule has 126 valence electrons. The van der Waals surface area contributed by atoms with E-state index >= 15 is 0 Å². The van der Waals surface area contributed by atoms with E-state index in [1.54, 1.807) is 18.2 Å². The summed E-state index contributed by atoms with van der Waals surface area (Å²) in [5.41, 5.74) is 1.29. The number of anilines is 1. The second kappa shape index (κ2) is 7.16. The highest BCUT2D eigenvalue weighted by atomic mass is 19.3. The molecular weight excluding hydrogens is 320 g/mol. The van der Waals surface area contributed by atoms with Gasteiger partial charge in [0.25, 0.3) is 0 Å². The van der Waals surface area contributed by atoms with Crippen LogP contribution in [0.15, 0.2) is 42.5 Å². The third-order valence-corrected chi connectivity index (χ3v) is 3.33. The Morgan fingerprint density at radius 1 is 1.08 bits per heavy atom. The molecule has 0 saturated heterocycles. The van der Waals surface area contributed by atoms with E-state index in [2.05, 4.69) is 10.1 Å². The molecule has 24 heavy (non-hydrogen) atoms. The number of ether oxygens (including phenoxy) is 3. The summed E-state index contributed by atoms with van der Waals surface area (Å²) >= 11 is 0. The lowest BCUT2D eigenvalue weighted by Gasteiger charge is -2.18. The molecule has 0 radical (unpaired) electrons. The molecule has 0 aliphatic carbocycles. The smallest absolute Gasteiger partial charge is 0.387 e. The summed E-state index contributed by atoms with van der Waals surface area (Å²) in [6.45, 7) is -1.88. The number of carbonyl (C=O) groups excluding carboxylic acids is 1. The van der Waals surface area contributed by atoms with Gasteiger partial charge in [0.2, 0.25) is 5.91 Å².